The highest BCUT2D eigenvalue weighted by atomic mass is 15.2. The van der Waals surface area contributed by atoms with E-state index in [2.05, 4.69) is 49.6 Å². The second-order valence-electron chi connectivity index (χ2n) is 4.68. The summed E-state index contributed by atoms with van der Waals surface area (Å²) < 4.78 is 0. The summed E-state index contributed by atoms with van der Waals surface area (Å²) in [5.41, 5.74) is 1.53. The molecular weight excluding hydrogens is 242 g/mol. The Morgan fingerprint density at radius 2 is 2.11 bits per heavy atom. The Balaban J connectivity index is 1.97. The number of unbranched alkanes of at least 4 members (excludes halogenated alkanes) is 1. The lowest BCUT2D eigenvalue weighted by atomic mass is 10.3. The fourth-order valence-corrected chi connectivity index (χ4v) is 1.83. The molecule has 0 aliphatic rings. The molecule has 2 aromatic rings. The zero-order chi connectivity index (χ0) is 13.7. The Kier molecular flexibility index (Phi) is 4.51. The number of nitrogens with one attached hydrogen (secondary N) is 3. The van der Waals surface area contributed by atoms with Crippen LogP contribution in [0.25, 0.3) is 11.2 Å². The Morgan fingerprint density at radius 3 is 2.84 bits per heavy atom. The van der Waals surface area contributed by atoms with Crippen molar-refractivity contribution in [1.82, 2.24) is 24.8 Å². The van der Waals surface area contributed by atoms with Crippen LogP contribution in [-0.4, -0.2) is 59.1 Å². The third-order valence-electron chi connectivity index (χ3n) is 2.83. The largest absolute Gasteiger partial charge is 0.368 e. The molecule has 0 atom stereocenters. The standard InChI is InChI=1S/C12H21N7/c1-13-12-17-10(9-11(18-12)16-8-15-9)14-6-4-5-7-19(2)3/h8H,4-7H2,1-3H3,(H3,13,14,15,16,17,18). The number of imidazole rings is 1. The predicted molar refractivity (Wildman–Crippen MR) is 77.5 cm³/mol. The lowest BCUT2D eigenvalue weighted by molar-refractivity contribution is 0.396. The van der Waals surface area contributed by atoms with Gasteiger partial charge in [-0.05, 0) is 33.5 Å². The SMILES string of the molecule is CNc1nc(NCCCCN(C)C)c2[nH]cnc2n1. The van der Waals surface area contributed by atoms with Crippen LogP contribution in [0.5, 0.6) is 0 Å². The van der Waals surface area contributed by atoms with Crippen LogP contribution in [0, 0.1) is 0 Å². The summed E-state index contributed by atoms with van der Waals surface area (Å²) in [6.45, 7) is 1.99. The van der Waals surface area contributed by atoms with Gasteiger partial charge in [0.05, 0.1) is 6.33 Å². The van der Waals surface area contributed by atoms with E-state index in [0.717, 1.165) is 37.3 Å². The van der Waals surface area contributed by atoms with E-state index in [4.69, 9.17) is 0 Å². The van der Waals surface area contributed by atoms with Crippen molar-refractivity contribution in [3.63, 3.8) is 0 Å². The zero-order valence-electron chi connectivity index (χ0n) is 11.7. The van der Waals surface area contributed by atoms with Crippen LogP contribution < -0.4 is 10.6 Å². The topological polar surface area (TPSA) is 81.8 Å². The van der Waals surface area contributed by atoms with Crippen LogP contribution in [0.2, 0.25) is 0 Å². The smallest absolute Gasteiger partial charge is 0.226 e. The molecule has 0 unspecified atom stereocenters. The molecule has 0 spiro atoms. The molecule has 0 aliphatic carbocycles. The number of fused-ring (bicyclic) bond motifs is 1. The number of H-pyrrole nitrogens is 1. The molecule has 0 fully saturated rings. The van der Waals surface area contributed by atoms with Gasteiger partial charge in [0, 0.05) is 13.6 Å². The van der Waals surface area contributed by atoms with E-state index >= 15 is 0 Å². The highest BCUT2D eigenvalue weighted by Crippen LogP contribution is 2.18. The van der Waals surface area contributed by atoms with Crippen LogP contribution in [0.1, 0.15) is 12.8 Å². The van der Waals surface area contributed by atoms with E-state index < -0.39 is 0 Å². The molecule has 0 aromatic carbocycles. The maximum absolute atomic E-state index is 4.41. The maximum atomic E-state index is 4.41. The maximum Gasteiger partial charge on any atom is 0.226 e. The van der Waals surface area contributed by atoms with Crippen molar-refractivity contribution in [3.05, 3.63) is 6.33 Å². The zero-order valence-corrected chi connectivity index (χ0v) is 11.7. The summed E-state index contributed by atoms with van der Waals surface area (Å²) in [6.07, 6.45) is 3.90. The molecule has 19 heavy (non-hydrogen) atoms. The van der Waals surface area contributed by atoms with Gasteiger partial charge in [0.15, 0.2) is 11.5 Å². The fraction of sp³-hybridized carbons (Fsp3) is 0.583. The molecule has 0 amide bonds. The van der Waals surface area contributed by atoms with Gasteiger partial charge in [-0.15, -0.1) is 0 Å². The first-order valence-corrected chi connectivity index (χ1v) is 6.48. The van der Waals surface area contributed by atoms with E-state index in [1.807, 2.05) is 0 Å². The summed E-state index contributed by atoms with van der Waals surface area (Å²) >= 11 is 0. The lowest BCUT2D eigenvalue weighted by Gasteiger charge is -2.10. The molecule has 0 saturated heterocycles. The van der Waals surface area contributed by atoms with Crippen LogP contribution in [-0.2, 0) is 0 Å². The minimum atomic E-state index is 0.579. The average molecular weight is 263 g/mol. The first kappa shape index (κ1) is 13.5. The minimum absolute atomic E-state index is 0.579. The number of aromatic nitrogens is 4. The summed E-state index contributed by atoms with van der Waals surface area (Å²) in [4.78, 5) is 18.1. The number of hydrogen-bond acceptors (Lipinski definition) is 6. The molecule has 0 radical (unpaired) electrons. The van der Waals surface area contributed by atoms with Crippen LogP contribution in [0.3, 0.4) is 0 Å². The molecule has 7 heteroatoms. The lowest BCUT2D eigenvalue weighted by Crippen LogP contribution is -2.14. The van der Waals surface area contributed by atoms with E-state index in [0.29, 0.717) is 11.6 Å². The van der Waals surface area contributed by atoms with Gasteiger partial charge in [-0.25, -0.2) is 4.98 Å². The third-order valence-corrected chi connectivity index (χ3v) is 2.83. The highest BCUT2D eigenvalue weighted by molar-refractivity contribution is 5.83. The number of rotatable bonds is 7. The van der Waals surface area contributed by atoms with Crippen LogP contribution in [0.4, 0.5) is 11.8 Å². The van der Waals surface area contributed by atoms with Gasteiger partial charge in [0.25, 0.3) is 0 Å². The summed E-state index contributed by atoms with van der Waals surface area (Å²) in [5, 5.41) is 6.28. The van der Waals surface area contributed by atoms with Gasteiger partial charge >= 0.3 is 0 Å². The Morgan fingerprint density at radius 1 is 1.26 bits per heavy atom. The average Bonchev–Trinajstić information content (AvgIpc) is 2.85. The molecule has 0 bridgehead atoms. The molecular formula is C12H21N7. The monoisotopic (exact) mass is 263 g/mol. The van der Waals surface area contributed by atoms with Crippen molar-refractivity contribution < 1.29 is 0 Å². The van der Waals surface area contributed by atoms with Crippen LogP contribution in [0.15, 0.2) is 6.33 Å². The predicted octanol–water partition coefficient (Wildman–Crippen LogP) is 1.15. The van der Waals surface area contributed by atoms with E-state index in [1.54, 1.807) is 13.4 Å². The number of anilines is 2. The van der Waals surface area contributed by atoms with Gasteiger partial charge in [-0.1, -0.05) is 0 Å². The van der Waals surface area contributed by atoms with Crippen LogP contribution >= 0.6 is 0 Å². The van der Waals surface area contributed by atoms with Gasteiger partial charge in [0.2, 0.25) is 5.95 Å². The summed E-state index contributed by atoms with van der Waals surface area (Å²) in [7, 11) is 5.98. The van der Waals surface area contributed by atoms with E-state index in [9.17, 15) is 0 Å². The van der Waals surface area contributed by atoms with Gasteiger partial charge < -0.3 is 20.5 Å². The fourth-order valence-electron chi connectivity index (χ4n) is 1.83. The second-order valence-corrected chi connectivity index (χ2v) is 4.68. The molecule has 2 heterocycles. The first-order valence-electron chi connectivity index (χ1n) is 6.48. The van der Waals surface area contributed by atoms with Gasteiger partial charge in [-0.2, -0.15) is 9.97 Å². The third kappa shape index (κ3) is 3.54. The highest BCUT2D eigenvalue weighted by Gasteiger charge is 2.08. The molecule has 0 aliphatic heterocycles. The Bertz CT molecular complexity index is 520. The number of aromatic amines is 1. The molecule has 104 valence electrons. The molecule has 3 N–H and O–H groups in total. The Hall–Kier alpha value is -1.89. The Labute approximate surface area is 112 Å². The number of nitrogens with zero attached hydrogens (tertiary/aromatic N) is 4. The molecule has 0 saturated carbocycles. The van der Waals surface area contributed by atoms with Crippen molar-refractivity contribution >= 4 is 22.9 Å². The van der Waals surface area contributed by atoms with E-state index in [-0.39, 0.29) is 0 Å². The minimum Gasteiger partial charge on any atom is -0.368 e. The van der Waals surface area contributed by atoms with Crippen molar-refractivity contribution in [1.29, 1.82) is 0 Å². The summed E-state index contributed by atoms with van der Waals surface area (Å²) in [5.74, 6) is 1.38. The molecule has 7 nitrogen and oxygen atoms in total. The van der Waals surface area contributed by atoms with E-state index in [1.165, 1.54) is 0 Å². The molecule has 2 rings (SSSR count). The second kappa shape index (κ2) is 6.33. The van der Waals surface area contributed by atoms with Crippen molar-refractivity contribution in [2.24, 2.45) is 0 Å². The number of hydrogen-bond donors (Lipinski definition) is 3. The van der Waals surface area contributed by atoms with Gasteiger partial charge in [-0.3, -0.25) is 0 Å². The molecule has 2 aromatic heterocycles. The first-order chi connectivity index (χ1) is 9.20. The van der Waals surface area contributed by atoms with Crippen molar-refractivity contribution in [3.8, 4) is 0 Å². The summed E-state index contributed by atoms with van der Waals surface area (Å²) in [6, 6.07) is 0. The van der Waals surface area contributed by atoms with Crippen molar-refractivity contribution in [2.75, 3.05) is 44.9 Å². The van der Waals surface area contributed by atoms with Crippen molar-refractivity contribution in [2.45, 2.75) is 12.8 Å². The van der Waals surface area contributed by atoms with Gasteiger partial charge in [0.1, 0.15) is 5.52 Å². The quantitative estimate of drug-likeness (QED) is 0.650. The normalized spacial score (nSPS) is 11.2.